The Kier molecular flexibility index (Phi) is 4.30. The fraction of sp³-hybridized carbons (Fsp3) is 0.619. The van der Waals surface area contributed by atoms with E-state index in [0.29, 0.717) is 30.4 Å². The number of esters is 1. The molecule has 0 saturated heterocycles. The molecule has 4 aliphatic rings. The first-order valence-electron chi connectivity index (χ1n) is 9.58. The van der Waals surface area contributed by atoms with Crippen molar-refractivity contribution in [2.24, 2.45) is 17.3 Å². The number of ether oxygens (including phenoxy) is 1. The van der Waals surface area contributed by atoms with Crippen LogP contribution in [-0.2, 0) is 14.3 Å². The molecule has 1 amide bonds. The van der Waals surface area contributed by atoms with E-state index < -0.39 is 5.60 Å². The largest absolute Gasteiger partial charge is 0.456 e. The summed E-state index contributed by atoms with van der Waals surface area (Å²) in [5.74, 6) is 0.431. The number of aliphatic hydroxyl groups is 1. The van der Waals surface area contributed by atoms with Gasteiger partial charge in [0.1, 0.15) is 0 Å². The first-order valence-corrected chi connectivity index (χ1v) is 9.58. The summed E-state index contributed by atoms with van der Waals surface area (Å²) in [5, 5.41) is 13.5. The summed E-state index contributed by atoms with van der Waals surface area (Å²) in [6.07, 6.45) is 6.01. The van der Waals surface area contributed by atoms with Gasteiger partial charge in [-0.05, 0) is 80.4 Å². The Morgan fingerprint density at radius 1 is 1.23 bits per heavy atom. The van der Waals surface area contributed by atoms with Gasteiger partial charge in [-0.3, -0.25) is 9.59 Å². The highest BCUT2D eigenvalue weighted by molar-refractivity contribution is 5.92. The van der Waals surface area contributed by atoms with Gasteiger partial charge in [-0.15, -0.1) is 0 Å². The van der Waals surface area contributed by atoms with Crippen LogP contribution in [0.5, 0.6) is 0 Å². The molecule has 2 unspecified atom stereocenters. The molecular formula is C21H27NO4. The van der Waals surface area contributed by atoms with Crippen molar-refractivity contribution in [1.82, 2.24) is 0 Å². The van der Waals surface area contributed by atoms with Gasteiger partial charge >= 0.3 is 5.97 Å². The number of carbonyl (C=O) groups is 2. The molecule has 4 saturated carbocycles. The Hall–Kier alpha value is -1.88. The van der Waals surface area contributed by atoms with Gasteiger partial charge in [0, 0.05) is 5.69 Å². The molecule has 0 radical (unpaired) electrons. The molecule has 0 spiro atoms. The van der Waals surface area contributed by atoms with E-state index in [9.17, 15) is 14.7 Å². The summed E-state index contributed by atoms with van der Waals surface area (Å²) in [6.45, 7) is 1.69. The van der Waals surface area contributed by atoms with Crippen LogP contribution in [0.15, 0.2) is 24.3 Å². The summed E-state index contributed by atoms with van der Waals surface area (Å²) in [7, 11) is 0. The molecular weight excluding hydrogens is 330 g/mol. The second-order valence-electron chi connectivity index (χ2n) is 8.94. The second kappa shape index (κ2) is 6.38. The number of carbonyl (C=O) groups excluding carboxylic acids is 2. The second-order valence-corrected chi connectivity index (χ2v) is 8.94. The number of benzene rings is 1. The van der Waals surface area contributed by atoms with E-state index in [1.165, 1.54) is 6.42 Å². The average Bonchev–Trinajstić information content (AvgIpc) is 2.50. The molecule has 1 aromatic carbocycles. The van der Waals surface area contributed by atoms with Gasteiger partial charge in [0.25, 0.3) is 5.91 Å². The zero-order valence-corrected chi connectivity index (χ0v) is 15.3. The van der Waals surface area contributed by atoms with Gasteiger partial charge in [0.05, 0.1) is 12.0 Å². The van der Waals surface area contributed by atoms with Crippen molar-refractivity contribution in [1.29, 1.82) is 0 Å². The normalized spacial score (nSPS) is 34.5. The maximum absolute atomic E-state index is 12.4. The molecule has 5 rings (SSSR count). The highest BCUT2D eigenvalue weighted by Gasteiger charge is 2.57. The Morgan fingerprint density at radius 3 is 2.62 bits per heavy atom. The number of nitrogens with one attached hydrogen (secondary N) is 1. The SMILES string of the molecule is Cc1cccc(NC(=O)COC(=O)CC23C[C@@H]4C[C@@H](CC(O)(C4)C2)C3)c1. The molecule has 26 heavy (non-hydrogen) atoms. The predicted octanol–water partition coefficient (Wildman–Crippen LogP) is 3.20. The molecule has 0 heterocycles. The fourth-order valence-electron chi connectivity index (χ4n) is 6.03. The monoisotopic (exact) mass is 357 g/mol. The lowest BCUT2D eigenvalue weighted by atomic mass is 9.47. The van der Waals surface area contributed by atoms with Crippen molar-refractivity contribution in [2.75, 3.05) is 11.9 Å². The van der Waals surface area contributed by atoms with E-state index in [-0.39, 0.29) is 23.9 Å². The zero-order chi connectivity index (χ0) is 18.4. The van der Waals surface area contributed by atoms with E-state index in [1.807, 2.05) is 31.2 Å². The van der Waals surface area contributed by atoms with Crippen molar-refractivity contribution in [3.05, 3.63) is 29.8 Å². The Bertz CT molecular complexity index is 714. The summed E-state index contributed by atoms with van der Waals surface area (Å²) in [6, 6.07) is 7.50. The van der Waals surface area contributed by atoms with Crippen LogP contribution in [0.1, 0.15) is 50.5 Å². The van der Waals surface area contributed by atoms with Gasteiger partial charge in [0.2, 0.25) is 0 Å². The van der Waals surface area contributed by atoms with Crippen LogP contribution in [0, 0.1) is 24.2 Å². The Labute approximate surface area is 154 Å². The first-order chi connectivity index (χ1) is 12.3. The summed E-state index contributed by atoms with van der Waals surface area (Å²) in [5.41, 5.74) is 1.06. The number of aryl methyl sites for hydroxylation is 1. The van der Waals surface area contributed by atoms with Crippen molar-refractivity contribution in [3.8, 4) is 0 Å². The number of rotatable bonds is 5. The van der Waals surface area contributed by atoms with Gasteiger partial charge in [-0.25, -0.2) is 0 Å². The maximum atomic E-state index is 12.4. The van der Waals surface area contributed by atoms with Crippen molar-refractivity contribution < 1.29 is 19.4 Å². The summed E-state index contributed by atoms with van der Waals surface area (Å²) in [4.78, 5) is 24.4. The van der Waals surface area contributed by atoms with Gasteiger partial charge in [-0.2, -0.15) is 0 Å². The van der Waals surface area contributed by atoms with E-state index >= 15 is 0 Å². The van der Waals surface area contributed by atoms with Gasteiger partial charge < -0.3 is 15.2 Å². The molecule has 4 fully saturated rings. The van der Waals surface area contributed by atoms with Crippen LogP contribution < -0.4 is 5.32 Å². The van der Waals surface area contributed by atoms with Crippen LogP contribution in [0.25, 0.3) is 0 Å². The summed E-state index contributed by atoms with van der Waals surface area (Å²) < 4.78 is 5.25. The predicted molar refractivity (Wildman–Crippen MR) is 97.4 cm³/mol. The molecule has 4 atom stereocenters. The smallest absolute Gasteiger partial charge is 0.306 e. The number of anilines is 1. The van der Waals surface area contributed by atoms with Crippen LogP contribution in [0.4, 0.5) is 5.69 Å². The third kappa shape index (κ3) is 3.63. The lowest BCUT2D eigenvalue weighted by molar-refractivity contribution is -0.177. The van der Waals surface area contributed by atoms with Crippen LogP contribution in [0.2, 0.25) is 0 Å². The lowest BCUT2D eigenvalue weighted by Gasteiger charge is -2.60. The number of hydrogen-bond donors (Lipinski definition) is 2. The van der Waals surface area contributed by atoms with Crippen LogP contribution in [-0.4, -0.2) is 29.2 Å². The standard InChI is InChI=1S/C21H27NO4/c1-14-3-2-4-17(5-14)22-18(23)12-26-19(24)11-20-7-15-6-16(8-20)10-21(25,9-15)13-20/h2-5,15-16,25H,6-13H2,1H3,(H,22,23)/t15-,16+,20?,21?. The molecule has 0 aromatic heterocycles. The quantitative estimate of drug-likeness (QED) is 0.794. The van der Waals surface area contributed by atoms with Crippen molar-refractivity contribution in [3.63, 3.8) is 0 Å². The van der Waals surface area contributed by atoms with Crippen molar-refractivity contribution >= 4 is 17.6 Å². The molecule has 2 N–H and O–H groups in total. The van der Waals surface area contributed by atoms with E-state index in [2.05, 4.69) is 5.32 Å². The summed E-state index contributed by atoms with van der Waals surface area (Å²) >= 11 is 0. The number of amides is 1. The van der Waals surface area contributed by atoms with Gasteiger partial charge in [-0.1, -0.05) is 12.1 Å². The first kappa shape index (κ1) is 17.5. The maximum Gasteiger partial charge on any atom is 0.306 e. The topological polar surface area (TPSA) is 75.6 Å². The zero-order valence-electron chi connectivity index (χ0n) is 15.3. The fourth-order valence-corrected chi connectivity index (χ4v) is 6.03. The Balaban J connectivity index is 1.30. The molecule has 0 aliphatic heterocycles. The molecule has 140 valence electrons. The Morgan fingerprint density at radius 2 is 1.96 bits per heavy atom. The molecule has 4 bridgehead atoms. The molecule has 4 aliphatic carbocycles. The minimum atomic E-state index is -0.576. The lowest BCUT2D eigenvalue weighted by Crippen LogP contribution is -2.56. The van der Waals surface area contributed by atoms with E-state index in [4.69, 9.17) is 4.74 Å². The molecule has 1 aromatic rings. The van der Waals surface area contributed by atoms with E-state index in [0.717, 1.165) is 31.2 Å². The highest BCUT2D eigenvalue weighted by Crippen LogP contribution is 2.62. The highest BCUT2D eigenvalue weighted by atomic mass is 16.5. The van der Waals surface area contributed by atoms with Gasteiger partial charge in [0.15, 0.2) is 6.61 Å². The minimum absolute atomic E-state index is 0.122. The van der Waals surface area contributed by atoms with E-state index in [1.54, 1.807) is 0 Å². The number of hydrogen-bond acceptors (Lipinski definition) is 4. The molecule has 5 heteroatoms. The van der Waals surface area contributed by atoms with Crippen LogP contribution >= 0.6 is 0 Å². The molecule has 5 nitrogen and oxygen atoms in total. The minimum Gasteiger partial charge on any atom is -0.456 e. The average molecular weight is 357 g/mol. The third-order valence-corrected chi connectivity index (χ3v) is 6.34. The van der Waals surface area contributed by atoms with Crippen LogP contribution in [0.3, 0.4) is 0 Å². The third-order valence-electron chi connectivity index (χ3n) is 6.34. The van der Waals surface area contributed by atoms with Crippen molar-refractivity contribution in [2.45, 2.75) is 57.5 Å².